The van der Waals surface area contributed by atoms with Crippen LogP contribution in [0.3, 0.4) is 0 Å². The van der Waals surface area contributed by atoms with Crippen LogP contribution in [0.25, 0.3) is 77.3 Å². The number of benzene rings is 11. The molecule has 0 bridgehead atoms. The van der Waals surface area contributed by atoms with E-state index in [1.807, 2.05) is 0 Å². The summed E-state index contributed by atoms with van der Waals surface area (Å²) in [6.07, 6.45) is 0. The van der Waals surface area contributed by atoms with Crippen molar-refractivity contribution in [2.45, 2.75) is 10.8 Å². The quantitative estimate of drug-likeness (QED) is 0.172. The molecule has 0 aliphatic heterocycles. The Bertz CT molecular complexity index is 4270. The van der Waals surface area contributed by atoms with E-state index < -0.39 is 10.8 Å². The van der Waals surface area contributed by atoms with Crippen LogP contribution in [0.4, 0.5) is 17.1 Å². The summed E-state index contributed by atoms with van der Waals surface area (Å²) in [6.45, 7) is 0. The summed E-state index contributed by atoms with van der Waals surface area (Å²) < 4.78 is 14.4. The molecule has 71 heavy (non-hydrogen) atoms. The van der Waals surface area contributed by atoms with Crippen LogP contribution in [0, 0.1) is 0 Å². The number of furan rings is 2. The van der Waals surface area contributed by atoms with E-state index in [9.17, 15) is 0 Å². The second-order valence-electron chi connectivity index (χ2n) is 19.3. The van der Waals surface area contributed by atoms with Gasteiger partial charge in [0.1, 0.15) is 16.7 Å². The average molecular weight is 904 g/mol. The lowest BCUT2D eigenvalue weighted by molar-refractivity contribution is 0.648. The molecule has 0 unspecified atom stereocenters. The second-order valence-corrected chi connectivity index (χ2v) is 19.3. The van der Waals surface area contributed by atoms with Crippen molar-refractivity contribution >= 4 is 60.9 Å². The van der Waals surface area contributed by atoms with Gasteiger partial charge in [0.2, 0.25) is 0 Å². The van der Waals surface area contributed by atoms with Gasteiger partial charge in [0.25, 0.3) is 0 Å². The number of para-hydroxylation sites is 3. The third-order valence-corrected chi connectivity index (χ3v) is 16.2. The van der Waals surface area contributed by atoms with Gasteiger partial charge in [-0.3, -0.25) is 0 Å². The Balaban J connectivity index is 1.04. The van der Waals surface area contributed by atoms with Crippen LogP contribution in [-0.4, -0.2) is 0 Å². The first kappa shape index (κ1) is 38.8. The van der Waals surface area contributed by atoms with Crippen LogP contribution in [0.15, 0.2) is 258 Å². The lowest BCUT2D eigenvalue weighted by Gasteiger charge is -2.35. The topological polar surface area (TPSA) is 29.5 Å². The smallest absolute Gasteiger partial charge is 0.159 e. The fourth-order valence-corrected chi connectivity index (χ4v) is 13.5. The molecule has 2 aromatic heterocycles. The van der Waals surface area contributed by atoms with Crippen molar-refractivity contribution in [3.63, 3.8) is 0 Å². The summed E-state index contributed by atoms with van der Waals surface area (Å²) in [5, 5.41) is 4.24. The van der Waals surface area contributed by atoms with Gasteiger partial charge in [-0.15, -0.1) is 0 Å². The van der Waals surface area contributed by atoms with Crippen molar-refractivity contribution in [1.82, 2.24) is 0 Å². The molecule has 1 spiro atoms. The van der Waals surface area contributed by atoms with Gasteiger partial charge in [-0.25, -0.2) is 0 Å². The molecule has 3 heteroatoms. The van der Waals surface area contributed by atoms with Gasteiger partial charge in [0, 0.05) is 27.4 Å². The molecule has 16 rings (SSSR count). The Kier molecular flexibility index (Phi) is 7.75. The fourth-order valence-electron chi connectivity index (χ4n) is 13.5. The van der Waals surface area contributed by atoms with Gasteiger partial charge >= 0.3 is 0 Å². The lowest BCUT2D eigenvalue weighted by atomic mass is 9.67. The van der Waals surface area contributed by atoms with Crippen LogP contribution in [-0.2, 0) is 10.8 Å². The number of hydrogen-bond donors (Lipinski definition) is 0. The molecule has 0 N–H and O–H groups in total. The van der Waals surface area contributed by atoms with E-state index in [0.29, 0.717) is 0 Å². The highest BCUT2D eigenvalue weighted by Gasteiger charge is 2.52. The number of hydrogen-bond acceptors (Lipinski definition) is 3. The molecule has 11 aromatic carbocycles. The van der Waals surface area contributed by atoms with Gasteiger partial charge in [0.15, 0.2) is 5.58 Å². The van der Waals surface area contributed by atoms with Crippen LogP contribution in [0.5, 0.6) is 0 Å². The van der Waals surface area contributed by atoms with Gasteiger partial charge < -0.3 is 13.7 Å². The fraction of sp³-hybridized carbons (Fsp3) is 0.0294. The molecule has 0 atom stereocenters. The Morgan fingerprint density at radius 3 is 1.35 bits per heavy atom. The van der Waals surface area contributed by atoms with Crippen LogP contribution < -0.4 is 4.90 Å². The predicted molar refractivity (Wildman–Crippen MR) is 289 cm³/mol. The first-order valence-corrected chi connectivity index (χ1v) is 24.6. The van der Waals surface area contributed by atoms with E-state index in [1.165, 1.54) is 72.3 Å². The highest BCUT2D eigenvalue weighted by molar-refractivity contribution is 6.17. The monoisotopic (exact) mass is 903 g/mol. The van der Waals surface area contributed by atoms with Crippen LogP contribution in [0.1, 0.15) is 44.5 Å². The second kappa shape index (κ2) is 14.2. The minimum Gasteiger partial charge on any atom is -0.456 e. The van der Waals surface area contributed by atoms with E-state index in [1.54, 1.807) is 0 Å². The van der Waals surface area contributed by atoms with Crippen LogP contribution >= 0.6 is 0 Å². The molecule has 13 aromatic rings. The molecular weight excluding hydrogens is 863 g/mol. The van der Waals surface area contributed by atoms with Crippen molar-refractivity contribution < 1.29 is 8.83 Å². The zero-order chi connectivity index (χ0) is 46.4. The number of fused-ring (bicyclic) bond motifs is 19. The van der Waals surface area contributed by atoms with Crippen molar-refractivity contribution in [3.05, 3.63) is 293 Å². The normalized spacial score (nSPS) is 14.1. The first-order valence-electron chi connectivity index (χ1n) is 24.6. The van der Waals surface area contributed by atoms with E-state index in [0.717, 1.165) is 66.5 Å². The van der Waals surface area contributed by atoms with E-state index >= 15 is 0 Å². The highest BCUT2D eigenvalue weighted by atomic mass is 16.3. The van der Waals surface area contributed by atoms with Gasteiger partial charge in [-0.2, -0.15) is 0 Å². The standard InChI is InChI=1S/C68H41NO2/c1-2-19-42(20-3-1)67(53-29-11-4-21-44(53)45-22-5-12-30-54(45)67)58-39-40-60(64-52-27-10-17-36-63(52)71-66(58)64)69(61-34-18-28-51-50-26-9-16-35-62(50)70-65(51)61)43-37-38-49-48-25-8-15-33-57(48)68(59(49)41-43)55-31-13-6-23-46(55)47-24-7-14-32-56(47)68/h1-41H. The maximum absolute atomic E-state index is 7.39. The molecule has 330 valence electrons. The van der Waals surface area contributed by atoms with E-state index in [4.69, 9.17) is 8.83 Å². The molecule has 0 fully saturated rings. The zero-order valence-corrected chi connectivity index (χ0v) is 38.4. The summed E-state index contributed by atoms with van der Waals surface area (Å²) in [7, 11) is 0. The largest absolute Gasteiger partial charge is 0.456 e. The summed E-state index contributed by atoms with van der Waals surface area (Å²) in [6, 6.07) is 91.4. The molecule has 3 aliphatic carbocycles. The third-order valence-electron chi connectivity index (χ3n) is 16.2. The average Bonchev–Trinajstić information content (AvgIpc) is 4.23. The molecule has 0 saturated heterocycles. The minimum atomic E-state index is -0.683. The van der Waals surface area contributed by atoms with Gasteiger partial charge in [0.05, 0.1) is 27.6 Å². The molecule has 0 radical (unpaired) electrons. The van der Waals surface area contributed by atoms with Crippen LogP contribution in [0.2, 0.25) is 0 Å². The lowest BCUT2D eigenvalue weighted by Crippen LogP contribution is -2.29. The Morgan fingerprint density at radius 2 is 0.746 bits per heavy atom. The Morgan fingerprint density at radius 1 is 0.282 bits per heavy atom. The Hall–Kier alpha value is -9.18. The Labute approximate surface area is 410 Å². The third kappa shape index (κ3) is 4.87. The summed E-state index contributed by atoms with van der Waals surface area (Å²) in [5.74, 6) is 0. The van der Waals surface area contributed by atoms with Gasteiger partial charge in [-0.1, -0.05) is 212 Å². The summed E-state index contributed by atoms with van der Waals surface area (Å²) in [4.78, 5) is 2.45. The maximum Gasteiger partial charge on any atom is 0.159 e. The van der Waals surface area contributed by atoms with Crippen molar-refractivity contribution in [2.75, 3.05) is 4.90 Å². The van der Waals surface area contributed by atoms with Gasteiger partial charge in [-0.05, 0) is 109 Å². The van der Waals surface area contributed by atoms with E-state index in [2.05, 4.69) is 254 Å². The molecule has 0 saturated carbocycles. The summed E-state index contributed by atoms with van der Waals surface area (Å²) in [5.41, 5.74) is 22.7. The molecule has 0 amide bonds. The van der Waals surface area contributed by atoms with Crippen molar-refractivity contribution in [2.24, 2.45) is 0 Å². The van der Waals surface area contributed by atoms with E-state index in [-0.39, 0.29) is 0 Å². The maximum atomic E-state index is 7.39. The van der Waals surface area contributed by atoms with Crippen molar-refractivity contribution in [3.8, 4) is 33.4 Å². The molecule has 3 nitrogen and oxygen atoms in total. The molecular formula is C68H41NO2. The minimum absolute atomic E-state index is 0.529. The number of anilines is 3. The predicted octanol–water partition coefficient (Wildman–Crippen LogP) is 17.7. The molecule has 3 aliphatic rings. The number of rotatable bonds is 5. The SMILES string of the molecule is c1ccc(C2(c3ccc(N(c4ccc5c(c4)C4(c6ccccc6-c6ccccc64)c4ccccc4-5)c4cccc5c4oc4ccccc45)c4c3oc3ccccc34)c3ccccc3-c3ccccc32)cc1. The number of nitrogens with zero attached hydrogens (tertiary/aromatic N) is 1. The molecule has 2 heterocycles. The van der Waals surface area contributed by atoms with Crippen molar-refractivity contribution in [1.29, 1.82) is 0 Å². The zero-order valence-electron chi connectivity index (χ0n) is 38.4. The highest BCUT2D eigenvalue weighted by Crippen LogP contribution is 2.64. The first-order chi connectivity index (χ1) is 35.2. The summed E-state index contributed by atoms with van der Waals surface area (Å²) >= 11 is 0.